The highest BCUT2D eigenvalue weighted by Crippen LogP contribution is 2.53. The van der Waals surface area contributed by atoms with Crippen molar-refractivity contribution in [3.8, 4) is 0 Å². The van der Waals surface area contributed by atoms with Gasteiger partial charge in [-0.1, -0.05) is 65.7 Å². The summed E-state index contributed by atoms with van der Waals surface area (Å²) < 4.78 is 21.2. The van der Waals surface area contributed by atoms with Gasteiger partial charge in [0.15, 0.2) is 8.32 Å². The number of fused-ring (bicyclic) bond motifs is 1. The van der Waals surface area contributed by atoms with Crippen LogP contribution in [0.25, 0.3) is 5.57 Å². The molecule has 1 heterocycles. The molecule has 2 atom stereocenters. The topological polar surface area (TPSA) is 42.4 Å². The molecule has 1 unspecified atom stereocenters. The molecule has 212 valence electrons. The van der Waals surface area contributed by atoms with Gasteiger partial charge in [0.1, 0.15) is 11.9 Å². The minimum absolute atomic E-state index is 0.0505. The summed E-state index contributed by atoms with van der Waals surface area (Å²) >= 11 is 0. The van der Waals surface area contributed by atoms with Gasteiger partial charge < -0.3 is 9.53 Å². The lowest BCUT2D eigenvalue weighted by molar-refractivity contribution is 0.105. The van der Waals surface area contributed by atoms with Gasteiger partial charge in [0.05, 0.1) is 11.8 Å². The largest absolute Gasteiger partial charge is 0.410 e. The predicted molar refractivity (Wildman–Crippen MR) is 161 cm³/mol. The highest BCUT2D eigenvalue weighted by Gasteiger charge is 2.45. The van der Waals surface area contributed by atoms with Crippen molar-refractivity contribution in [2.45, 2.75) is 129 Å². The molecule has 1 saturated carbocycles. The second-order valence-corrected chi connectivity index (χ2v) is 19.4. The van der Waals surface area contributed by atoms with Crippen LogP contribution < -0.4 is 0 Å². The lowest BCUT2D eigenvalue weighted by atomic mass is 9.71. The Labute approximate surface area is 236 Å². The van der Waals surface area contributed by atoms with Crippen LogP contribution in [0.3, 0.4) is 0 Å². The van der Waals surface area contributed by atoms with Gasteiger partial charge >= 0.3 is 0 Å². The van der Waals surface area contributed by atoms with Crippen LogP contribution in [0.2, 0.25) is 18.1 Å². The summed E-state index contributed by atoms with van der Waals surface area (Å²) in [6, 6.07) is 6.38. The molecule has 0 radical (unpaired) electrons. The third kappa shape index (κ3) is 5.69. The Balaban J connectivity index is 1.78. The number of aliphatic hydroxyl groups is 1. The molecule has 3 aliphatic rings. The number of aromatic nitrogens is 1. The summed E-state index contributed by atoms with van der Waals surface area (Å²) in [4.78, 5) is 5.50. The van der Waals surface area contributed by atoms with E-state index in [1.165, 1.54) is 47.4 Å². The number of pyridine rings is 1. The molecule has 1 N–H and O–H groups in total. The molecule has 39 heavy (non-hydrogen) atoms. The first kappa shape index (κ1) is 28.7. The van der Waals surface area contributed by atoms with E-state index in [2.05, 4.69) is 53.8 Å². The molecule has 3 aliphatic carbocycles. The SMILES string of the molecule is CC1(C)Cc2nc(C3CCCC3)c(C(O)c3ccc(F)cc3)c(C3=CCCC3)c2[C@@H](O[Si](C)(C)C(C)(C)C)C1. The number of halogens is 1. The van der Waals surface area contributed by atoms with Gasteiger partial charge in [0, 0.05) is 22.7 Å². The van der Waals surface area contributed by atoms with Crippen molar-refractivity contribution in [1.82, 2.24) is 4.98 Å². The van der Waals surface area contributed by atoms with Crippen molar-refractivity contribution in [2.24, 2.45) is 5.41 Å². The number of nitrogens with zero attached hydrogens (tertiary/aromatic N) is 1. The summed E-state index contributed by atoms with van der Waals surface area (Å²) in [6.45, 7) is 16.3. The van der Waals surface area contributed by atoms with E-state index >= 15 is 0 Å². The lowest BCUT2D eigenvalue weighted by Crippen LogP contribution is -2.44. The highest BCUT2D eigenvalue weighted by atomic mass is 28.4. The number of benzene rings is 1. The Morgan fingerprint density at radius 2 is 1.74 bits per heavy atom. The molecular weight excluding hydrogens is 501 g/mol. The van der Waals surface area contributed by atoms with Crippen LogP contribution in [0.4, 0.5) is 4.39 Å². The molecule has 1 aromatic carbocycles. The minimum Gasteiger partial charge on any atom is -0.410 e. The fourth-order valence-electron chi connectivity index (χ4n) is 6.77. The van der Waals surface area contributed by atoms with Crippen molar-refractivity contribution >= 4 is 13.9 Å². The first-order valence-electron chi connectivity index (χ1n) is 15.1. The summed E-state index contributed by atoms with van der Waals surface area (Å²) in [6.07, 6.45) is 11.2. The summed E-state index contributed by atoms with van der Waals surface area (Å²) in [5.41, 5.74) is 7.80. The number of aliphatic hydroxyl groups excluding tert-OH is 1. The summed E-state index contributed by atoms with van der Waals surface area (Å²) in [5, 5.41) is 12.2. The molecular formula is C34H48FNO2Si. The third-order valence-electron chi connectivity index (χ3n) is 9.89. The molecule has 1 fully saturated rings. The minimum atomic E-state index is -2.09. The second-order valence-electron chi connectivity index (χ2n) is 14.6. The quantitative estimate of drug-likeness (QED) is 0.365. The van der Waals surface area contributed by atoms with Crippen LogP contribution in [0.1, 0.15) is 138 Å². The van der Waals surface area contributed by atoms with E-state index in [9.17, 15) is 9.50 Å². The third-order valence-corrected chi connectivity index (χ3v) is 14.4. The molecule has 5 rings (SSSR count). The van der Waals surface area contributed by atoms with Crippen molar-refractivity contribution < 1.29 is 13.9 Å². The van der Waals surface area contributed by atoms with Crippen LogP contribution >= 0.6 is 0 Å². The standard InChI is InChI=1S/C34H48FNO2Si/c1-33(2,3)39(6,7)38-27-21-34(4,5)20-26-29(27)28(22-12-8-9-13-22)30(31(36-26)23-14-10-11-15-23)32(37)24-16-18-25(35)19-17-24/h12,16-19,23,27,32,37H,8-11,13-15,20-21H2,1-7H3/t27-,32?/m0/s1. The Morgan fingerprint density at radius 3 is 2.33 bits per heavy atom. The maximum Gasteiger partial charge on any atom is 0.192 e. The van der Waals surface area contributed by atoms with Gasteiger partial charge in [0.2, 0.25) is 0 Å². The van der Waals surface area contributed by atoms with Crippen molar-refractivity contribution in [3.63, 3.8) is 0 Å². The van der Waals surface area contributed by atoms with Gasteiger partial charge in [-0.15, -0.1) is 0 Å². The smallest absolute Gasteiger partial charge is 0.192 e. The molecule has 1 aromatic heterocycles. The Kier molecular flexibility index (Phi) is 7.75. The van der Waals surface area contributed by atoms with E-state index in [4.69, 9.17) is 9.41 Å². The molecule has 5 heteroatoms. The van der Waals surface area contributed by atoms with Gasteiger partial charge in [-0.05, 0) is 97.3 Å². The highest BCUT2D eigenvalue weighted by molar-refractivity contribution is 6.74. The average Bonchev–Trinajstić information content (AvgIpc) is 3.56. The van der Waals surface area contributed by atoms with Crippen LogP contribution in [0, 0.1) is 11.2 Å². The fraction of sp³-hybridized carbons (Fsp3) is 0.618. The molecule has 0 aliphatic heterocycles. The number of hydrogen-bond donors (Lipinski definition) is 1. The predicted octanol–water partition coefficient (Wildman–Crippen LogP) is 9.56. The maximum atomic E-state index is 13.9. The monoisotopic (exact) mass is 549 g/mol. The Hall–Kier alpha value is -1.82. The number of allylic oxidation sites excluding steroid dienone is 2. The van der Waals surface area contributed by atoms with Gasteiger partial charge in [-0.2, -0.15) is 0 Å². The normalized spacial score (nSPS) is 22.6. The molecule has 2 aromatic rings. The zero-order valence-corrected chi connectivity index (χ0v) is 26.2. The average molecular weight is 550 g/mol. The molecule has 0 spiro atoms. The van der Waals surface area contributed by atoms with Crippen molar-refractivity contribution in [3.05, 3.63) is 69.8 Å². The summed E-state index contributed by atoms with van der Waals surface area (Å²) in [5.74, 6) is 0.0697. The first-order chi connectivity index (χ1) is 18.3. The van der Waals surface area contributed by atoms with Gasteiger partial charge in [0.25, 0.3) is 0 Å². The van der Waals surface area contributed by atoms with E-state index in [0.717, 1.165) is 61.8 Å². The number of hydrogen-bond acceptors (Lipinski definition) is 3. The molecule has 0 bridgehead atoms. The second kappa shape index (κ2) is 10.5. The van der Waals surface area contributed by atoms with Crippen LogP contribution in [0.15, 0.2) is 30.3 Å². The van der Waals surface area contributed by atoms with E-state index in [1.807, 2.05) is 0 Å². The van der Waals surface area contributed by atoms with Crippen LogP contribution in [-0.2, 0) is 10.8 Å². The van der Waals surface area contributed by atoms with Crippen LogP contribution in [-0.4, -0.2) is 18.4 Å². The van der Waals surface area contributed by atoms with Crippen molar-refractivity contribution in [2.75, 3.05) is 0 Å². The molecule has 0 amide bonds. The van der Waals surface area contributed by atoms with Crippen molar-refractivity contribution in [1.29, 1.82) is 0 Å². The number of rotatable bonds is 6. The van der Waals surface area contributed by atoms with E-state index in [1.54, 1.807) is 12.1 Å². The van der Waals surface area contributed by atoms with E-state index in [-0.39, 0.29) is 22.4 Å². The fourth-order valence-corrected chi connectivity index (χ4v) is 8.04. The maximum absolute atomic E-state index is 13.9. The molecule has 3 nitrogen and oxygen atoms in total. The Morgan fingerprint density at radius 1 is 1.08 bits per heavy atom. The zero-order chi connectivity index (χ0) is 28.2. The van der Waals surface area contributed by atoms with E-state index in [0.29, 0.717) is 5.92 Å². The zero-order valence-electron chi connectivity index (χ0n) is 25.2. The first-order valence-corrected chi connectivity index (χ1v) is 18.1. The Bertz CT molecular complexity index is 1240. The van der Waals surface area contributed by atoms with E-state index < -0.39 is 14.4 Å². The lowest BCUT2D eigenvalue weighted by Gasteiger charge is -2.45. The molecule has 0 saturated heterocycles. The summed E-state index contributed by atoms with van der Waals surface area (Å²) in [7, 11) is -2.09. The van der Waals surface area contributed by atoms with Crippen LogP contribution in [0.5, 0.6) is 0 Å². The van der Waals surface area contributed by atoms with Gasteiger partial charge in [-0.25, -0.2) is 4.39 Å². The van der Waals surface area contributed by atoms with Gasteiger partial charge in [-0.3, -0.25) is 4.98 Å².